The third-order valence-electron chi connectivity index (χ3n) is 7.67. The second-order valence-corrected chi connectivity index (χ2v) is 10.2. The summed E-state index contributed by atoms with van der Waals surface area (Å²) < 4.78 is 17.3. The number of aryl methyl sites for hydroxylation is 1. The van der Waals surface area contributed by atoms with Crippen LogP contribution in [-0.2, 0) is 14.3 Å². The number of Topliss-reactive ketones (excluding diaryl/α,β-unsaturated/α-hetero) is 2. The molecule has 2 saturated heterocycles. The average Bonchev–Trinajstić information content (AvgIpc) is 3.21. The number of phenolic OH excluding ortho intramolecular Hbond substituents is 1. The van der Waals surface area contributed by atoms with Gasteiger partial charge in [-0.1, -0.05) is 12.1 Å². The molecule has 6 atom stereocenters. The number of nitrogens with zero attached hydrogens (tertiary/aromatic N) is 1. The number of carbonyl (C=O) groups is 3. The Morgan fingerprint density at radius 1 is 1.10 bits per heavy atom. The van der Waals surface area contributed by atoms with E-state index in [9.17, 15) is 34.8 Å². The van der Waals surface area contributed by atoms with Crippen molar-refractivity contribution in [3.63, 3.8) is 0 Å². The van der Waals surface area contributed by atoms with E-state index >= 15 is 0 Å². The molecule has 11 heteroatoms. The van der Waals surface area contributed by atoms with Gasteiger partial charge in [0, 0.05) is 36.1 Å². The number of ketones is 2. The van der Waals surface area contributed by atoms with E-state index in [4.69, 9.17) is 14.2 Å². The predicted octanol–water partition coefficient (Wildman–Crippen LogP) is 1.35. The van der Waals surface area contributed by atoms with Gasteiger partial charge in [0.1, 0.15) is 29.3 Å². The van der Waals surface area contributed by atoms with Gasteiger partial charge in [-0.2, -0.15) is 0 Å². The third-order valence-corrected chi connectivity index (χ3v) is 7.67. The van der Waals surface area contributed by atoms with Gasteiger partial charge >= 0.3 is 5.97 Å². The Morgan fingerprint density at radius 2 is 1.87 bits per heavy atom. The minimum Gasteiger partial charge on any atom is -0.507 e. The number of aliphatic hydroxyl groups excluding tert-OH is 3. The maximum Gasteiger partial charge on any atom is 0.331 e. The molecule has 0 saturated carbocycles. The Kier molecular flexibility index (Phi) is 5.99. The lowest BCUT2D eigenvalue weighted by Crippen LogP contribution is -2.48. The van der Waals surface area contributed by atoms with Crippen molar-refractivity contribution in [3.8, 4) is 11.5 Å². The van der Waals surface area contributed by atoms with Crippen LogP contribution in [0.15, 0.2) is 36.0 Å². The zero-order chi connectivity index (χ0) is 27.7. The van der Waals surface area contributed by atoms with Gasteiger partial charge in [0.15, 0.2) is 5.78 Å². The Hall–Kier alpha value is -3.77. The van der Waals surface area contributed by atoms with Gasteiger partial charge in [-0.15, -0.1) is 0 Å². The number of aromatic hydroxyl groups is 1. The van der Waals surface area contributed by atoms with Crippen LogP contribution >= 0.6 is 0 Å². The van der Waals surface area contributed by atoms with Crippen molar-refractivity contribution in [2.45, 2.75) is 63.6 Å². The summed E-state index contributed by atoms with van der Waals surface area (Å²) in [4.78, 5) is 42.6. The molecule has 0 bridgehead atoms. The van der Waals surface area contributed by atoms with Crippen LogP contribution in [0.2, 0.25) is 0 Å². The van der Waals surface area contributed by atoms with Gasteiger partial charge in [0.2, 0.25) is 18.3 Å². The molecule has 0 amide bonds. The number of allylic oxidation sites excluding steroid dienone is 2. The molecule has 0 spiro atoms. The third kappa shape index (κ3) is 3.76. The number of carbonyl (C=O) groups excluding carboxylic acids is 3. The van der Waals surface area contributed by atoms with Crippen molar-refractivity contribution in [1.29, 1.82) is 0 Å². The molecule has 11 nitrogen and oxygen atoms in total. The Balaban J connectivity index is 1.51. The van der Waals surface area contributed by atoms with Crippen LogP contribution in [0.5, 0.6) is 11.5 Å². The molecule has 2 fully saturated rings. The number of phenols is 1. The van der Waals surface area contributed by atoms with Crippen molar-refractivity contribution in [2.24, 2.45) is 0 Å². The summed E-state index contributed by atoms with van der Waals surface area (Å²) >= 11 is 0. The molecule has 39 heavy (non-hydrogen) atoms. The van der Waals surface area contributed by atoms with Gasteiger partial charge < -0.3 is 39.5 Å². The highest BCUT2D eigenvalue weighted by Crippen LogP contribution is 2.52. The summed E-state index contributed by atoms with van der Waals surface area (Å²) in [6.07, 6.45) is -5.15. The minimum absolute atomic E-state index is 0.0267. The summed E-state index contributed by atoms with van der Waals surface area (Å²) in [6.45, 7) is 2.96. The van der Waals surface area contributed by atoms with Crippen LogP contribution in [0.1, 0.15) is 63.4 Å². The largest absolute Gasteiger partial charge is 0.507 e. The Bertz CT molecular complexity index is 1440. The highest BCUT2D eigenvalue weighted by Gasteiger charge is 2.53. The van der Waals surface area contributed by atoms with Crippen LogP contribution in [0.3, 0.4) is 0 Å². The van der Waals surface area contributed by atoms with E-state index < -0.39 is 54.4 Å². The SMILES string of the molecule is Cc1cc(O)c2c(c1)C1OC(=O)[C@@H](CCO)N1C1=C2C(=O)c2cccc(OC3CC(O)C(O)C(C)O3)c2C1=O. The van der Waals surface area contributed by atoms with Crippen LogP contribution in [0, 0.1) is 6.92 Å². The average molecular weight is 538 g/mol. The quantitative estimate of drug-likeness (QED) is 0.416. The fourth-order valence-corrected chi connectivity index (χ4v) is 5.90. The summed E-state index contributed by atoms with van der Waals surface area (Å²) in [5, 5.41) is 40.8. The van der Waals surface area contributed by atoms with Crippen LogP contribution < -0.4 is 4.74 Å². The van der Waals surface area contributed by atoms with Crippen molar-refractivity contribution >= 4 is 23.1 Å². The number of rotatable bonds is 4. The van der Waals surface area contributed by atoms with E-state index in [1.807, 2.05) is 0 Å². The summed E-state index contributed by atoms with van der Waals surface area (Å²) in [7, 11) is 0. The van der Waals surface area contributed by atoms with Gasteiger partial charge in [0.05, 0.1) is 23.3 Å². The highest BCUT2D eigenvalue weighted by atomic mass is 16.7. The van der Waals surface area contributed by atoms with E-state index in [0.717, 1.165) is 0 Å². The monoisotopic (exact) mass is 537 g/mol. The number of hydrogen-bond acceptors (Lipinski definition) is 11. The fraction of sp³-hybridized carbons (Fsp3) is 0.393. The molecule has 4 aliphatic rings. The first kappa shape index (κ1) is 25.5. The maximum atomic E-state index is 14.3. The Morgan fingerprint density at radius 3 is 2.59 bits per heavy atom. The van der Waals surface area contributed by atoms with Crippen molar-refractivity contribution in [1.82, 2.24) is 4.90 Å². The lowest BCUT2D eigenvalue weighted by Gasteiger charge is -2.39. The number of benzene rings is 2. The molecule has 204 valence electrons. The van der Waals surface area contributed by atoms with E-state index in [1.54, 1.807) is 26.0 Å². The molecular weight excluding hydrogens is 510 g/mol. The lowest BCUT2D eigenvalue weighted by molar-refractivity contribution is -0.216. The summed E-state index contributed by atoms with van der Waals surface area (Å²) in [5.41, 5.74) is 0.940. The van der Waals surface area contributed by atoms with Gasteiger partial charge in [0.25, 0.3) is 0 Å². The Labute approximate surface area is 222 Å². The van der Waals surface area contributed by atoms with Crippen LogP contribution in [0.25, 0.3) is 5.57 Å². The lowest BCUT2D eigenvalue weighted by atomic mass is 9.78. The van der Waals surface area contributed by atoms with E-state index in [2.05, 4.69) is 0 Å². The molecule has 6 rings (SSSR count). The van der Waals surface area contributed by atoms with Crippen molar-refractivity contribution in [3.05, 3.63) is 63.8 Å². The normalized spacial score (nSPS) is 29.5. The second-order valence-electron chi connectivity index (χ2n) is 10.2. The molecule has 5 unspecified atom stereocenters. The van der Waals surface area contributed by atoms with E-state index in [1.165, 1.54) is 23.1 Å². The number of ether oxygens (including phenoxy) is 3. The second kappa shape index (κ2) is 9.16. The molecule has 3 aliphatic heterocycles. The maximum absolute atomic E-state index is 14.3. The van der Waals surface area contributed by atoms with Crippen LogP contribution in [-0.4, -0.2) is 80.1 Å². The number of esters is 1. The van der Waals surface area contributed by atoms with Crippen molar-refractivity contribution < 1.29 is 49.0 Å². The topological polar surface area (TPSA) is 163 Å². The molecule has 1 aliphatic carbocycles. The van der Waals surface area contributed by atoms with E-state index in [-0.39, 0.29) is 58.9 Å². The molecule has 2 aromatic rings. The summed E-state index contributed by atoms with van der Waals surface area (Å²) in [5.74, 6) is -2.05. The predicted molar refractivity (Wildman–Crippen MR) is 133 cm³/mol. The minimum atomic E-state index is -1.11. The first-order chi connectivity index (χ1) is 18.6. The molecule has 2 aromatic carbocycles. The smallest absolute Gasteiger partial charge is 0.331 e. The van der Waals surface area contributed by atoms with E-state index in [0.29, 0.717) is 11.1 Å². The van der Waals surface area contributed by atoms with Crippen molar-refractivity contribution in [2.75, 3.05) is 6.61 Å². The number of hydrogen-bond donors (Lipinski definition) is 4. The summed E-state index contributed by atoms with van der Waals surface area (Å²) in [6, 6.07) is 6.64. The number of fused-ring (bicyclic) bond motifs is 6. The standard InChI is InChI=1S/C28H27NO10/c1-11-8-14-20(16(31)9-11)22-23(29-15(6-7-30)28(36)39-27(14)29)26(35)21-13(25(22)34)4-3-5-18(21)38-19-10-17(32)24(33)12(2)37-19/h3-5,8-9,12,15,17,19,24,27,30-33H,6-7,10H2,1-2H3/t12?,15-,17?,19?,24?,27?/m1/s1. The molecule has 3 heterocycles. The van der Waals surface area contributed by atoms with Gasteiger partial charge in [-0.05, 0) is 37.6 Å². The zero-order valence-corrected chi connectivity index (χ0v) is 21.2. The first-order valence-electron chi connectivity index (χ1n) is 12.7. The van der Waals surface area contributed by atoms with Gasteiger partial charge in [-0.25, -0.2) is 4.79 Å². The fourth-order valence-electron chi connectivity index (χ4n) is 5.90. The first-order valence-corrected chi connectivity index (χ1v) is 12.7. The molecular formula is C28H27NO10. The highest BCUT2D eigenvalue weighted by molar-refractivity contribution is 6.41. The molecule has 0 aromatic heterocycles. The number of aliphatic hydroxyl groups is 3. The zero-order valence-electron chi connectivity index (χ0n) is 21.2. The molecule has 4 N–H and O–H groups in total. The van der Waals surface area contributed by atoms with Crippen LogP contribution in [0.4, 0.5) is 0 Å². The molecule has 0 radical (unpaired) electrons. The van der Waals surface area contributed by atoms with Gasteiger partial charge in [-0.3, -0.25) is 9.59 Å².